The summed E-state index contributed by atoms with van der Waals surface area (Å²) < 4.78 is 0. The number of amidine groups is 1. The van der Waals surface area contributed by atoms with Gasteiger partial charge in [-0.05, 0) is 11.1 Å². The number of benzene rings is 2. The average molecular weight is 266 g/mol. The minimum atomic E-state index is -0.637. The van der Waals surface area contributed by atoms with E-state index in [9.17, 15) is 5.11 Å². The van der Waals surface area contributed by atoms with E-state index in [4.69, 9.17) is 0 Å². The molecule has 0 amide bonds. The lowest BCUT2D eigenvalue weighted by molar-refractivity contribution is 0.219. The van der Waals surface area contributed by atoms with Gasteiger partial charge in [0.05, 0.1) is 6.54 Å². The molecular weight excluding hydrogens is 248 g/mol. The number of hydrogen-bond donors (Lipinski definition) is 2. The molecule has 102 valence electrons. The molecule has 2 N–H and O–H groups in total. The van der Waals surface area contributed by atoms with E-state index in [1.807, 2.05) is 36.4 Å². The molecule has 20 heavy (non-hydrogen) atoms. The van der Waals surface area contributed by atoms with E-state index >= 15 is 0 Å². The third kappa shape index (κ3) is 2.58. The molecule has 2 aromatic rings. The molecule has 0 radical (unpaired) electrons. The lowest BCUT2D eigenvalue weighted by atomic mass is 9.86. The van der Waals surface area contributed by atoms with Gasteiger partial charge < -0.3 is 10.4 Å². The molecule has 0 saturated carbocycles. The van der Waals surface area contributed by atoms with Gasteiger partial charge in [-0.3, -0.25) is 4.99 Å². The van der Waals surface area contributed by atoms with E-state index in [1.165, 1.54) is 0 Å². The lowest BCUT2D eigenvalue weighted by Crippen LogP contribution is -2.36. The zero-order valence-corrected chi connectivity index (χ0v) is 11.2. The van der Waals surface area contributed by atoms with E-state index in [2.05, 4.69) is 34.6 Å². The summed E-state index contributed by atoms with van der Waals surface area (Å²) >= 11 is 0. The topological polar surface area (TPSA) is 44.6 Å². The van der Waals surface area contributed by atoms with Gasteiger partial charge in [0.15, 0.2) is 0 Å². The molecule has 1 aliphatic heterocycles. The Morgan fingerprint density at radius 1 is 0.900 bits per heavy atom. The Hall–Kier alpha value is -2.13. The Bertz CT molecular complexity index is 541. The maximum atomic E-state index is 10.7. The van der Waals surface area contributed by atoms with Gasteiger partial charge in [0.1, 0.15) is 11.9 Å². The number of rotatable bonds is 4. The highest BCUT2D eigenvalue weighted by atomic mass is 16.3. The largest absolute Gasteiger partial charge is 0.384 e. The molecule has 1 aliphatic rings. The minimum absolute atomic E-state index is 0.0956. The summed E-state index contributed by atoms with van der Waals surface area (Å²) in [5.41, 5.74) is 2.20. The molecule has 0 saturated heterocycles. The Kier molecular flexibility index (Phi) is 3.79. The maximum absolute atomic E-state index is 10.7. The molecule has 1 unspecified atom stereocenters. The zero-order chi connectivity index (χ0) is 13.8. The second-order valence-corrected chi connectivity index (χ2v) is 4.94. The summed E-state index contributed by atoms with van der Waals surface area (Å²) in [7, 11) is 0. The Morgan fingerprint density at radius 3 is 1.90 bits per heavy atom. The molecule has 0 aromatic heterocycles. The standard InChI is InChI=1S/C17H18N2O/c20-16(17-18-11-12-19-17)15(13-7-3-1-4-8-13)14-9-5-2-6-10-14/h1-10,15-16,20H,11-12H2,(H,18,19). The van der Waals surface area contributed by atoms with E-state index in [0.29, 0.717) is 5.84 Å². The molecule has 2 aromatic carbocycles. The third-order valence-corrected chi connectivity index (χ3v) is 3.61. The summed E-state index contributed by atoms with van der Waals surface area (Å²) in [4.78, 5) is 4.36. The van der Waals surface area contributed by atoms with Crippen LogP contribution in [0.2, 0.25) is 0 Å². The molecule has 3 heteroatoms. The van der Waals surface area contributed by atoms with Crippen LogP contribution < -0.4 is 5.32 Å². The van der Waals surface area contributed by atoms with Crippen molar-refractivity contribution in [2.45, 2.75) is 12.0 Å². The molecule has 0 fully saturated rings. The number of nitrogens with one attached hydrogen (secondary N) is 1. The predicted octanol–water partition coefficient (Wildman–Crippen LogP) is 2.18. The van der Waals surface area contributed by atoms with Crippen LogP contribution in [0.3, 0.4) is 0 Å². The van der Waals surface area contributed by atoms with Gasteiger partial charge in [-0.2, -0.15) is 0 Å². The quantitative estimate of drug-likeness (QED) is 0.891. The fourth-order valence-corrected chi connectivity index (χ4v) is 2.65. The van der Waals surface area contributed by atoms with Crippen molar-refractivity contribution in [1.82, 2.24) is 5.32 Å². The van der Waals surface area contributed by atoms with E-state index in [-0.39, 0.29) is 5.92 Å². The molecule has 1 heterocycles. The van der Waals surface area contributed by atoms with Crippen LogP contribution in [0.4, 0.5) is 0 Å². The lowest BCUT2D eigenvalue weighted by Gasteiger charge is -2.24. The van der Waals surface area contributed by atoms with Crippen LogP contribution in [-0.4, -0.2) is 30.1 Å². The van der Waals surface area contributed by atoms with Crippen LogP contribution in [0.1, 0.15) is 17.0 Å². The Labute approximate surface area is 119 Å². The predicted molar refractivity (Wildman–Crippen MR) is 81.0 cm³/mol. The van der Waals surface area contributed by atoms with Crippen LogP contribution >= 0.6 is 0 Å². The van der Waals surface area contributed by atoms with Gasteiger partial charge in [0, 0.05) is 12.5 Å². The van der Waals surface area contributed by atoms with Crippen molar-refractivity contribution >= 4 is 5.84 Å². The first-order valence-corrected chi connectivity index (χ1v) is 6.92. The van der Waals surface area contributed by atoms with Crippen molar-refractivity contribution in [2.24, 2.45) is 4.99 Å². The fourth-order valence-electron chi connectivity index (χ4n) is 2.65. The first-order chi connectivity index (χ1) is 9.86. The minimum Gasteiger partial charge on any atom is -0.384 e. The highest BCUT2D eigenvalue weighted by molar-refractivity contribution is 5.89. The number of aliphatic hydroxyl groups is 1. The number of hydrogen-bond acceptors (Lipinski definition) is 3. The molecule has 1 atom stereocenters. The normalized spacial score (nSPS) is 15.8. The van der Waals surface area contributed by atoms with Gasteiger partial charge >= 0.3 is 0 Å². The monoisotopic (exact) mass is 266 g/mol. The van der Waals surface area contributed by atoms with Gasteiger partial charge in [0.25, 0.3) is 0 Å². The van der Waals surface area contributed by atoms with Crippen LogP contribution in [0, 0.1) is 0 Å². The smallest absolute Gasteiger partial charge is 0.127 e. The second-order valence-electron chi connectivity index (χ2n) is 4.94. The highest BCUT2D eigenvalue weighted by Crippen LogP contribution is 2.28. The van der Waals surface area contributed by atoms with E-state index < -0.39 is 6.10 Å². The van der Waals surface area contributed by atoms with Crippen molar-refractivity contribution < 1.29 is 5.11 Å². The SMILES string of the molecule is OC(C1=NCCN1)C(c1ccccc1)c1ccccc1. The number of aliphatic hydroxyl groups excluding tert-OH is 1. The molecule has 3 rings (SSSR count). The highest BCUT2D eigenvalue weighted by Gasteiger charge is 2.28. The number of aliphatic imine (C=N–C) groups is 1. The zero-order valence-electron chi connectivity index (χ0n) is 11.2. The summed E-state index contributed by atoms with van der Waals surface area (Å²) in [5.74, 6) is 0.601. The van der Waals surface area contributed by atoms with Crippen LogP contribution in [0.15, 0.2) is 65.7 Å². The van der Waals surface area contributed by atoms with Crippen LogP contribution in [0.25, 0.3) is 0 Å². The van der Waals surface area contributed by atoms with Gasteiger partial charge in [0.2, 0.25) is 0 Å². The van der Waals surface area contributed by atoms with Crippen molar-refractivity contribution in [2.75, 3.05) is 13.1 Å². The molecule has 0 spiro atoms. The van der Waals surface area contributed by atoms with Crippen molar-refractivity contribution in [3.63, 3.8) is 0 Å². The summed E-state index contributed by atoms with van der Waals surface area (Å²) in [6.07, 6.45) is -0.637. The van der Waals surface area contributed by atoms with Crippen LogP contribution in [0.5, 0.6) is 0 Å². The van der Waals surface area contributed by atoms with Crippen molar-refractivity contribution in [1.29, 1.82) is 0 Å². The summed E-state index contributed by atoms with van der Waals surface area (Å²) in [6.45, 7) is 1.55. The van der Waals surface area contributed by atoms with Crippen molar-refractivity contribution in [3.8, 4) is 0 Å². The van der Waals surface area contributed by atoms with Gasteiger partial charge in [-0.1, -0.05) is 60.7 Å². The maximum Gasteiger partial charge on any atom is 0.127 e. The number of nitrogens with zero attached hydrogens (tertiary/aromatic N) is 1. The van der Waals surface area contributed by atoms with Gasteiger partial charge in [-0.25, -0.2) is 0 Å². The first kappa shape index (κ1) is 12.9. The summed E-state index contributed by atoms with van der Waals surface area (Å²) in [5, 5.41) is 13.9. The average Bonchev–Trinajstić information content (AvgIpc) is 3.04. The summed E-state index contributed by atoms with van der Waals surface area (Å²) in [6, 6.07) is 20.2. The Morgan fingerprint density at radius 2 is 1.45 bits per heavy atom. The van der Waals surface area contributed by atoms with E-state index in [0.717, 1.165) is 24.2 Å². The molecular formula is C17H18N2O. The second kappa shape index (κ2) is 5.88. The van der Waals surface area contributed by atoms with Crippen LogP contribution in [-0.2, 0) is 0 Å². The molecule has 3 nitrogen and oxygen atoms in total. The Balaban J connectivity index is 2.00. The fraction of sp³-hybridized carbons (Fsp3) is 0.235. The first-order valence-electron chi connectivity index (χ1n) is 6.92. The molecule has 0 aliphatic carbocycles. The van der Waals surface area contributed by atoms with Gasteiger partial charge in [-0.15, -0.1) is 0 Å². The van der Waals surface area contributed by atoms with E-state index in [1.54, 1.807) is 0 Å². The molecule has 0 bridgehead atoms. The third-order valence-electron chi connectivity index (χ3n) is 3.61. The van der Waals surface area contributed by atoms with Crippen molar-refractivity contribution in [3.05, 3.63) is 71.8 Å².